The average Bonchev–Trinajstić information content (AvgIpc) is 3.00. The van der Waals surface area contributed by atoms with Crippen molar-refractivity contribution in [1.82, 2.24) is 19.9 Å². The number of nitrogens with one attached hydrogen (secondary N) is 1. The van der Waals surface area contributed by atoms with Crippen molar-refractivity contribution in [2.75, 3.05) is 13.7 Å². The summed E-state index contributed by atoms with van der Waals surface area (Å²) in [4.78, 5) is 24.9. The number of pyridine rings is 1. The first-order valence-electron chi connectivity index (χ1n) is 6.49. The van der Waals surface area contributed by atoms with E-state index < -0.39 is 0 Å². The molecule has 0 aromatic carbocycles. The third kappa shape index (κ3) is 4.16. The lowest BCUT2D eigenvalue weighted by Gasteiger charge is -2.15. The lowest BCUT2D eigenvalue weighted by atomic mass is 10.2. The molecule has 0 unspecified atom stereocenters. The average molecular weight is 284 g/mol. The first-order chi connectivity index (χ1) is 10.2. The molecule has 0 spiro atoms. The second-order valence-corrected chi connectivity index (χ2v) is 4.43. The fourth-order valence-electron chi connectivity index (χ4n) is 1.75. The van der Waals surface area contributed by atoms with Crippen molar-refractivity contribution in [2.24, 2.45) is 0 Å². The number of carbonyl (C=O) groups excluding carboxylic acids is 1. The van der Waals surface area contributed by atoms with Gasteiger partial charge in [0.2, 0.25) is 0 Å². The first kappa shape index (κ1) is 14.8. The minimum Gasteiger partial charge on any atom is -0.395 e. The molecule has 6 heteroatoms. The van der Waals surface area contributed by atoms with Crippen LogP contribution in [0.5, 0.6) is 0 Å². The summed E-state index contributed by atoms with van der Waals surface area (Å²) in [7, 11) is 1.70. The topological polar surface area (TPSA) is 82.1 Å². The van der Waals surface area contributed by atoms with Crippen molar-refractivity contribution < 1.29 is 9.90 Å². The number of nitrogens with zero attached hydrogens (tertiary/aromatic N) is 3. The van der Waals surface area contributed by atoms with Gasteiger partial charge in [0, 0.05) is 43.8 Å². The van der Waals surface area contributed by atoms with Gasteiger partial charge in [0.15, 0.2) is 0 Å². The number of H-pyrrole nitrogens is 1. The Kier molecular flexibility index (Phi) is 5.07. The van der Waals surface area contributed by atoms with Gasteiger partial charge in [-0.3, -0.25) is 9.78 Å². The Morgan fingerprint density at radius 3 is 3.05 bits per heavy atom. The molecule has 2 N–H and O–H groups in total. The lowest BCUT2D eigenvalue weighted by Crippen LogP contribution is -2.26. The lowest BCUT2D eigenvalue weighted by molar-refractivity contribution is 0.0781. The number of hydrogen-bond donors (Lipinski definition) is 2. The van der Waals surface area contributed by atoms with Crippen LogP contribution >= 0.6 is 0 Å². The van der Waals surface area contributed by atoms with E-state index in [-0.39, 0.29) is 12.5 Å². The molecule has 2 heterocycles. The predicted molar refractivity (Wildman–Crippen MR) is 77.2 cm³/mol. The molecule has 0 aliphatic carbocycles. The molecule has 0 bridgehead atoms. The Morgan fingerprint density at radius 1 is 1.48 bits per heavy atom. The zero-order valence-electron chi connectivity index (χ0n) is 11.7. The maximum atomic E-state index is 12.3. The van der Waals surface area contributed by atoms with E-state index in [0.29, 0.717) is 24.1 Å². The summed E-state index contributed by atoms with van der Waals surface area (Å²) in [5.74, 6) is 6.24. The summed E-state index contributed by atoms with van der Waals surface area (Å²) in [5, 5.41) is 8.69. The van der Waals surface area contributed by atoms with E-state index in [0.717, 1.165) is 5.82 Å². The van der Waals surface area contributed by atoms with Gasteiger partial charge in [-0.15, -0.1) is 0 Å². The van der Waals surface area contributed by atoms with Gasteiger partial charge in [-0.2, -0.15) is 0 Å². The number of aliphatic hydroxyl groups excluding tert-OH is 1. The molecular weight excluding hydrogens is 268 g/mol. The maximum absolute atomic E-state index is 12.3. The molecular formula is C15H16N4O2. The highest BCUT2D eigenvalue weighted by Crippen LogP contribution is 2.07. The van der Waals surface area contributed by atoms with Crippen molar-refractivity contribution in [3.8, 4) is 11.8 Å². The van der Waals surface area contributed by atoms with Gasteiger partial charge in [-0.25, -0.2) is 4.98 Å². The van der Waals surface area contributed by atoms with Crippen LogP contribution in [0, 0.1) is 11.8 Å². The minimum absolute atomic E-state index is 0.0188. The molecule has 0 saturated heterocycles. The molecule has 108 valence electrons. The standard InChI is InChI=1S/C15H16N4O2/c1-19(11-14-17-5-6-18-14)15(21)13-8-12(9-16-10-13)4-2-3-7-20/h5-6,8-10,20H,3,7,11H2,1H3,(H,17,18). The van der Waals surface area contributed by atoms with E-state index >= 15 is 0 Å². The normalized spacial score (nSPS) is 9.81. The molecule has 2 aromatic rings. The van der Waals surface area contributed by atoms with Gasteiger partial charge in [-0.1, -0.05) is 11.8 Å². The van der Waals surface area contributed by atoms with Gasteiger partial charge >= 0.3 is 0 Å². The molecule has 1 amide bonds. The number of amides is 1. The number of aromatic amines is 1. The fraction of sp³-hybridized carbons (Fsp3) is 0.267. The van der Waals surface area contributed by atoms with Crippen molar-refractivity contribution in [1.29, 1.82) is 0 Å². The van der Waals surface area contributed by atoms with E-state index in [2.05, 4.69) is 26.8 Å². The number of aliphatic hydroxyl groups is 1. The molecule has 2 rings (SSSR count). The molecule has 6 nitrogen and oxygen atoms in total. The summed E-state index contributed by atoms with van der Waals surface area (Å²) in [6, 6.07) is 1.69. The first-order valence-corrected chi connectivity index (χ1v) is 6.49. The Morgan fingerprint density at radius 2 is 2.33 bits per heavy atom. The van der Waals surface area contributed by atoms with Crippen molar-refractivity contribution in [3.05, 3.63) is 47.8 Å². The van der Waals surface area contributed by atoms with Crippen LogP contribution in [0.3, 0.4) is 0 Å². The molecule has 0 aliphatic rings. The highest BCUT2D eigenvalue weighted by atomic mass is 16.2. The second-order valence-electron chi connectivity index (χ2n) is 4.43. The monoisotopic (exact) mass is 284 g/mol. The fourth-order valence-corrected chi connectivity index (χ4v) is 1.75. The molecule has 2 aromatic heterocycles. The summed E-state index contributed by atoms with van der Waals surface area (Å²) >= 11 is 0. The Hall–Kier alpha value is -2.65. The number of carbonyl (C=O) groups is 1. The van der Waals surface area contributed by atoms with Crippen molar-refractivity contribution >= 4 is 5.91 Å². The smallest absolute Gasteiger partial charge is 0.255 e. The maximum Gasteiger partial charge on any atom is 0.255 e. The van der Waals surface area contributed by atoms with E-state index in [9.17, 15) is 4.79 Å². The summed E-state index contributed by atoms with van der Waals surface area (Å²) in [5.41, 5.74) is 1.13. The SMILES string of the molecule is CN(Cc1ncc[nH]1)C(=O)c1cncc(C#CCCO)c1. The van der Waals surface area contributed by atoms with Crippen LogP contribution in [0.2, 0.25) is 0 Å². The van der Waals surface area contributed by atoms with Gasteiger partial charge in [-0.05, 0) is 6.07 Å². The molecule has 0 radical (unpaired) electrons. The van der Waals surface area contributed by atoms with Gasteiger partial charge in [0.05, 0.1) is 18.7 Å². The van der Waals surface area contributed by atoms with E-state index in [1.807, 2.05) is 0 Å². The molecule has 0 aliphatic heterocycles. The number of rotatable bonds is 4. The largest absolute Gasteiger partial charge is 0.395 e. The van der Waals surface area contributed by atoms with Gasteiger partial charge < -0.3 is 15.0 Å². The van der Waals surface area contributed by atoms with Crippen LogP contribution in [0.4, 0.5) is 0 Å². The molecule has 21 heavy (non-hydrogen) atoms. The van der Waals surface area contributed by atoms with Crippen LogP contribution in [-0.4, -0.2) is 44.5 Å². The highest BCUT2D eigenvalue weighted by molar-refractivity contribution is 5.94. The Labute approximate surface area is 122 Å². The Balaban J connectivity index is 2.08. The summed E-state index contributed by atoms with van der Waals surface area (Å²) < 4.78 is 0. The zero-order valence-corrected chi connectivity index (χ0v) is 11.7. The van der Waals surface area contributed by atoms with Crippen LogP contribution in [0.1, 0.15) is 28.2 Å². The Bertz CT molecular complexity index is 656. The molecule has 0 fully saturated rings. The zero-order chi connectivity index (χ0) is 15.1. The van der Waals surface area contributed by atoms with E-state index in [4.69, 9.17) is 5.11 Å². The van der Waals surface area contributed by atoms with Gasteiger partial charge in [0.1, 0.15) is 5.82 Å². The quantitative estimate of drug-likeness (QED) is 0.814. The highest BCUT2D eigenvalue weighted by Gasteiger charge is 2.13. The van der Waals surface area contributed by atoms with Crippen molar-refractivity contribution in [3.63, 3.8) is 0 Å². The van der Waals surface area contributed by atoms with Gasteiger partial charge in [0.25, 0.3) is 5.91 Å². The van der Waals surface area contributed by atoms with Crippen LogP contribution in [0.15, 0.2) is 30.9 Å². The van der Waals surface area contributed by atoms with Crippen LogP contribution < -0.4 is 0 Å². The summed E-state index contributed by atoms with van der Waals surface area (Å²) in [6.07, 6.45) is 6.86. The number of imidazole rings is 1. The molecule has 0 saturated carbocycles. The molecule has 0 atom stereocenters. The van der Waals surface area contributed by atoms with Crippen LogP contribution in [0.25, 0.3) is 0 Å². The number of aromatic nitrogens is 3. The third-order valence-corrected chi connectivity index (χ3v) is 2.74. The van der Waals surface area contributed by atoms with Crippen LogP contribution in [-0.2, 0) is 6.54 Å². The predicted octanol–water partition coefficient (Wildman–Crippen LogP) is 0.811. The third-order valence-electron chi connectivity index (χ3n) is 2.74. The number of hydrogen-bond acceptors (Lipinski definition) is 4. The van der Waals surface area contributed by atoms with Crippen molar-refractivity contribution in [2.45, 2.75) is 13.0 Å². The minimum atomic E-state index is -0.148. The summed E-state index contributed by atoms with van der Waals surface area (Å²) in [6.45, 7) is 0.414. The van der Waals surface area contributed by atoms with E-state index in [1.54, 1.807) is 36.6 Å². The van der Waals surface area contributed by atoms with E-state index in [1.165, 1.54) is 6.20 Å². The second kappa shape index (κ2) is 7.22.